The predicted octanol–water partition coefficient (Wildman–Crippen LogP) is 3.42. The van der Waals surface area contributed by atoms with E-state index in [1.165, 1.54) is 24.8 Å². The Labute approximate surface area is 127 Å². The lowest BCUT2D eigenvalue weighted by Gasteiger charge is -2.33. The quantitative estimate of drug-likeness (QED) is 0.850. The summed E-state index contributed by atoms with van der Waals surface area (Å²) in [5, 5.41) is 0. The zero-order valence-electron chi connectivity index (χ0n) is 12.9. The average molecular weight is 287 g/mol. The van der Waals surface area contributed by atoms with Gasteiger partial charge in [0.15, 0.2) is 0 Å². The van der Waals surface area contributed by atoms with Crippen LogP contribution >= 0.6 is 0 Å². The summed E-state index contributed by atoms with van der Waals surface area (Å²) in [4.78, 5) is 14.7. The first kappa shape index (κ1) is 14.6. The van der Waals surface area contributed by atoms with Gasteiger partial charge in [0.2, 0.25) is 0 Å². The largest absolute Gasteiger partial charge is 0.497 e. The number of methoxy groups -OCH3 is 1. The van der Waals surface area contributed by atoms with Gasteiger partial charge in [0.1, 0.15) is 11.5 Å². The fourth-order valence-electron chi connectivity index (χ4n) is 3.93. The van der Waals surface area contributed by atoms with Crippen molar-refractivity contribution in [2.75, 3.05) is 13.7 Å². The number of nitrogens with zero attached hydrogens (tertiary/aromatic N) is 1. The van der Waals surface area contributed by atoms with Crippen LogP contribution in [0.15, 0.2) is 24.3 Å². The number of carbonyl (C=O) groups excluding carboxylic acids is 1. The number of hydrogen-bond acceptors (Lipinski definition) is 3. The molecule has 0 radical (unpaired) electrons. The maximum absolute atomic E-state index is 12.2. The highest BCUT2D eigenvalue weighted by molar-refractivity contribution is 5.82. The van der Waals surface area contributed by atoms with Crippen LogP contribution in [-0.4, -0.2) is 30.4 Å². The molecule has 1 saturated heterocycles. The van der Waals surface area contributed by atoms with E-state index in [1.54, 1.807) is 7.11 Å². The Hall–Kier alpha value is -1.35. The molecule has 3 heteroatoms. The van der Waals surface area contributed by atoms with Crippen LogP contribution in [0.4, 0.5) is 0 Å². The predicted molar refractivity (Wildman–Crippen MR) is 83.4 cm³/mol. The molecule has 0 N–H and O–H groups in total. The third-order valence-electron chi connectivity index (χ3n) is 5.00. The van der Waals surface area contributed by atoms with E-state index in [0.717, 1.165) is 38.1 Å². The van der Waals surface area contributed by atoms with E-state index in [0.29, 0.717) is 11.8 Å². The molecule has 2 atom stereocenters. The monoisotopic (exact) mass is 287 g/mol. The van der Waals surface area contributed by atoms with Crippen LogP contribution in [0.2, 0.25) is 0 Å². The Morgan fingerprint density at radius 2 is 2.14 bits per heavy atom. The summed E-state index contributed by atoms with van der Waals surface area (Å²) in [7, 11) is 1.71. The Kier molecular flexibility index (Phi) is 4.59. The normalized spacial score (nSPS) is 27.0. The molecule has 1 saturated carbocycles. The molecule has 2 fully saturated rings. The van der Waals surface area contributed by atoms with E-state index >= 15 is 0 Å². The minimum absolute atomic E-state index is 0.284. The van der Waals surface area contributed by atoms with Crippen LogP contribution in [0.3, 0.4) is 0 Å². The summed E-state index contributed by atoms with van der Waals surface area (Å²) in [5.74, 6) is 1.70. The first-order valence-corrected chi connectivity index (χ1v) is 8.17. The van der Waals surface area contributed by atoms with Crippen molar-refractivity contribution >= 4 is 5.78 Å². The number of ether oxygens (including phenoxy) is 1. The second-order valence-corrected chi connectivity index (χ2v) is 6.35. The molecule has 0 bridgehead atoms. The summed E-state index contributed by atoms with van der Waals surface area (Å²) < 4.78 is 5.31. The van der Waals surface area contributed by atoms with Crippen LogP contribution in [0.25, 0.3) is 0 Å². The van der Waals surface area contributed by atoms with Crippen molar-refractivity contribution in [3.05, 3.63) is 29.8 Å². The molecule has 0 spiro atoms. The third-order valence-corrected chi connectivity index (χ3v) is 5.00. The van der Waals surface area contributed by atoms with Crippen LogP contribution in [0, 0.1) is 5.92 Å². The Morgan fingerprint density at radius 3 is 2.95 bits per heavy atom. The van der Waals surface area contributed by atoms with Gasteiger partial charge in [-0.05, 0) is 49.9 Å². The molecule has 1 aromatic carbocycles. The van der Waals surface area contributed by atoms with Crippen molar-refractivity contribution in [2.45, 2.75) is 51.1 Å². The molecule has 114 valence electrons. The average Bonchev–Trinajstić information content (AvgIpc) is 2.96. The molecule has 1 aliphatic heterocycles. The van der Waals surface area contributed by atoms with Crippen LogP contribution in [0.5, 0.6) is 5.75 Å². The number of carbonyl (C=O) groups is 1. The maximum atomic E-state index is 12.2. The van der Waals surface area contributed by atoms with Crippen molar-refractivity contribution in [2.24, 2.45) is 5.92 Å². The SMILES string of the molecule is COc1cccc(CN2CCCC2C2CCCCC2=O)c1. The van der Waals surface area contributed by atoms with Gasteiger partial charge >= 0.3 is 0 Å². The highest BCUT2D eigenvalue weighted by Gasteiger charge is 2.36. The molecule has 21 heavy (non-hydrogen) atoms. The van der Waals surface area contributed by atoms with Gasteiger partial charge in [-0.3, -0.25) is 9.69 Å². The van der Waals surface area contributed by atoms with E-state index in [4.69, 9.17) is 4.74 Å². The first-order chi connectivity index (χ1) is 10.3. The number of ketones is 1. The van der Waals surface area contributed by atoms with E-state index in [9.17, 15) is 4.79 Å². The second kappa shape index (κ2) is 6.61. The molecule has 2 aliphatic rings. The molecule has 1 heterocycles. The lowest BCUT2D eigenvalue weighted by molar-refractivity contribution is -0.126. The molecular formula is C18H25NO2. The second-order valence-electron chi connectivity index (χ2n) is 6.35. The lowest BCUT2D eigenvalue weighted by Crippen LogP contribution is -2.40. The van der Waals surface area contributed by atoms with Crippen LogP contribution in [-0.2, 0) is 11.3 Å². The summed E-state index contributed by atoms with van der Waals surface area (Å²) in [6.45, 7) is 2.05. The van der Waals surface area contributed by atoms with Crippen molar-refractivity contribution in [3.63, 3.8) is 0 Å². The topological polar surface area (TPSA) is 29.5 Å². The highest BCUT2D eigenvalue weighted by atomic mass is 16.5. The van der Waals surface area contributed by atoms with Gasteiger partial charge in [0, 0.05) is 24.9 Å². The van der Waals surface area contributed by atoms with Crippen molar-refractivity contribution in [1.29, 1.82) is 0 Å². The van der Waals surface area contributed by atoms with E-state index in [-0.39, 0.29) is 5.92 Å². The van der Waals surface area contributed by atoms with Crippen molar-refractivity contribution in [1.82, 2.24) is 4.90 Å². The molecule has 1 aromatic rings. The Balaban J connectivity index is 1.70. The minimum Gasteiger partial charge on any atom is -0.497 e. The Bertz CT molecular complexity index is 500. The molecule has 0 aromatic heterocycles. The number of benzene rings is 1. The van der Waals surface area contributed by atoms with Gasteiger partial charge < -0.3 is 4.74 Å². The fraction of sp³-hybridized carbons (Fsp3) is 0.611. The van der Waals surface area contributed by atoms with Crippen molar-refractivity contribution < 1.29 is 9.53 Å². The van der Waals surface area contributed by atoms with E-state index in [1.807, 2.05) is 12.1 Å². The summed E-state index contributed by atoms with van der Waals surface area (Å²) >= 11 is 0. The van der Waals surface area contributed by atoms with Gasteiger partial charge in [0.25, 0.3) is 0 Å². The van der Waals surface area contributed by atoms with E-state index < -0.39 is 0 Å². The van der Waals surface area contributed by atoms with Crippen LogP contribution in [0.1, 0.15) is 44.1 Å². The maximum Gasteiger partial charge on any atom is 0.137 e. The zero-order valence-corrected chi connectivity index (χ0v) is 12.9. The molecule has 2 unspecified atom stereocenters. The fourth-order valence-corrected chi connectivity index (χ4v) is 3.93. The lowest BCUT2D eigenvalue weighted by atomic mass is 9.82. The number of rotatable bonds is 4. The molecular weight excluding hydrogens is 262 g/mol. The van der Waals surface area contributed by atoms with Crippen molar-refractivity contribution in [3.8, 4) is 5.75 Å². The molecule has 3 nitrogen and oxygen atoms in total. The van der Waals surface area contributed by atoms with Gasteiger partial charge in [-0.1, -0.05) is 18.6 Å². The standard InChI is InChI=1S/C18H25NO2/c1-21-15-7-4-6-14(12-15)13-19-11-5-9-17(19)16-8-2-3-10-18(16)20/h4,6-7,12,16-17H,2-3,5,8-11,13H2,1H3. The highest BCUT2D eigenvalue weighted by Crippen LogP contribution is 2.33. The summed E-state index contributed by atoms with van der Waals surface area (Å²) in [6.07, 6.45) is 6.61. The molecule has 1 aliphatic carbocycles. The zero-order chi connectivity index (χ0) is 14.7. The van der Waals surface area contributed by atoms with Gasteiger partial charge in [-0.2, -0.15) is 0 Å². The van der Waals surface area contributed by atoms with Gasteiger partial charge in [-0.25, -0.2) is 0 Å². The summed E-state index contributed by atoms with van der Waals surface area (Å²) in [6, 6.07) is 8.75. The molecule has 3 rings (SSSR count). The minimum atomic E-state index is 0.284. The summed E-state index contributed by atoms with van der Waals surface area (Å²) in [5.41, 5.74) is 1.28. The first-order valence-electron chi connectivity index (χ1n) is 8.17. The number of Topliss-reactive ketones (excluding diaryl/α,β-unsaturated/α-hetero) is 1. The third kappa shape index (κ3) is 3.29. The number of hydrogen-bond donors (Lipinski definition) is 0. The smallest absolute Gasteiger partial charge is 0.137 e. The number of likely N-dealkylation sites (tertiary alicyclic amines) is 1. The van der Waals surface area contributed by atoms with E-state index in [2.05, 4.69) is 17.0 Å². The molecule has 0 amide bonds. The van der Waals surface area contributed by atoms with Gasteiger partial charge in [-0.15, -0.1) is 0 Å². The Morgan fingerprint density at radius 1 is 1.24 bits per heavy atom. The van der Waals surface area contributed by atoms with Crippen LogP contribution < -0.4 is 4.74 Å². The van der Waals surface area contributed by atoms with Gasteiger partial charge in [0.05, 0.1) is 7.11 Å².